The van der Waals surface area contributed by atoms with Crippen molar-refractivity contribution in [2.75, 3.05) is 13.1 Å². The molecule has 1 saturated carbocycles. The fourth-order valence-electron chi connectivity index (χ4n) is 1.98. The molecule has 0 aromatic carbocycles. The van der Waals surface area contributed by atoms with Crippen molar-refractivity contribution in [3.05, 3.63) is 24.5 Å². The van der Waals surface area contributed by atoms with Gasteiger partial charge >= 0.3 is 39.1 Å². The van der Waals surface area contributed by atoms with Crippen LogP contribution in [0.5, 0.6) is 0 Å². The molecule has 9 N–H and O–H groups in total. The van der Waals surface area contributed by atoms with Gasteiger partial charge in [-0.2, -0.15) is 0 Å². The molecule has 0 radical (unpaired) electrons. The molecule has 0 aromatic rings. The number of carbonyl (C=O) groups is 6. The van der Waals surface area contributed by atoms with Gasteiger partial charge in [-0.05, 0) is 19.3 Å². The van der Waals surface area contributed by atoms with E-state index in [1.807, 2.05) is 0 Å². The standard InChI is InChI=1S/C7H8N2O4.C6H8O4.C2H4O2.2H2N.Pt/c10-5-1-2-6(11)9(5)4-3-8-7(12)13;7-4(8)6(5(9)10)2-1-3-6;1-2(3)4;;;/h1-2,8H,3-4H2,(H,12,13);1-3H2,(H,7,8)(H,9,10);1H3,(H,3,4);2*1H2;/q;;;2*-1;+2. The Kier molecular flexibility index (Phi) is 18.5. The van der Waals surface area contributed by atoms with Crippen molar-refractivity contribution in [2.45, 2.75) is 26.2 Å². The first kappa shape index (κ1) is 34.7. The molecular formula is C15H24N4O10Pt. The Bertz CT molecular complexity index is 626. The van der Waals surface area contributed by atoms with Gasteiger partial charge in [-0.3, -0.25) is 28.9 Å². The molecule has 0 atom stereocenters. The average molecular weight is 615 g/mol. The Hall–Kier alpha value is -2.83. The van der Waals surface area contributed by atoms with Crippen LogP contribution in [-0.2, 0) is 45.0 Å². The fourth-order valence-corrected chi connectivity index (χ4v) is 1.98. The first-order valence-corrected chi connectivity index (χ1v) is 7.60. The predicted octanol–water partition coefficient (Wildman–Crippen LogP) is 1.03. The molecule has 0 aromatic heterocycles. The molecule has 15 heteroatoms. The van der Waals surface area contributed by atoms with E-state index in [4.69, 9.17) is 25.2 Å². The molecule has 0 spiro atoms. The SMILES string of the molecule is CC(=O)O.O=C(O)C1(C(=O)O)CCC1.O=C(O)NCCN1C(=O)C=CC1=O.[NH2-].[NH2-].[Pt+2]. The minimum Gasteiger partial charge on any atom is -0.693 e. The van der Waals surface area contributed by atoms with Gasteiger partial charge in [0.25, 0.3) is 17.8 Å². The minimum atomic E-state index is -1.44. The number of hydrogen-bond donors (Lipinski definition) is 5. The van der Waals surface area contributed by atoms with E-state index in [1.54, 1.807) is 0 Å². The smallest absolute Gasteiger partial charge is 0.693 e. The summed E-state index contributed by atoms with van der Waals surface area (Å²) in [6.45, 7) is 1.20. The van der Waals surface area contributed by atoms with Gasteiger partial charge in [0.2, 0.25) is 0 Å². The van der Waals surface area contributed by atoms with E-state index in [-0.39, 0.29) is 59.3 Å². The molecule has 2 rings (SSSR count). The third kappa shape index (κ3) is 11.2. The zero-order chi connectivity index (χ0) is 21.2. The maximum absolute atomic E-state index is 10.9. The summed E-state index contributed by atoms with van der Waals surface area (Å²) in [4.78, 5) is 62.5. The summed E-state index contributed by atoms with van der Waals surface area (Å²) in [6.07, 6.45) is 2.40. The summed E-state index contributed by atoms with van der Waals surface area (Å²) in [7, 11) is 0. The number of nitrogens with two attached hydrogens (primary N) is 2. The van der Waals surface area contributed by atoms with Gasteiger partial charge in [-0.25, -0.2) is 4.79 Å². The summed E-state index contributed by atoms with van der Waals surface area (Å²) < 4.78 is 0. The van der Waals surface area contributed by atoms with Crippen LogP contribution in [0.3, 0.4) is 0 Å². The van der Waals surface area contributed by atoms with Gasteiger partial charge in [-0.1, -0.05) is 0 Å². The summed E-state index contributed by atoms with van der Waals surface area (Å²) in [5.74, 6) is -4.05. The maximum Gasteiger partial charge on any atom is 2.00 e. The largest absolute Gasteiger partial charge is 2.00 e. The van der Waals surface area contributed by atoms with Gasteiger partial charge < -0.3 is 38.0 Å². The van der Waals surface area contributed by atoms with E-state index in [9.17, 15) is 24.0 Å². The van der Waals surface area contributed by atoms with E-state index in [1.165, 1.54) is 0 Å². The number of carboxylic acids is 3. The second-order valence-corrected chi connectivity index (χ2v) is 5.46. The van der Waals surface area contributed by atoms with Gasteiger partial charge in [0.05, 0.1) is 0 Å². The number of rotatable bonds is 5. The molecule has 0 bridgehead atoms. The zero-order valence-electron chi connectivity index (χ0n) is 15.8. The number of aliphatic carboxylic acids is 3. The van der Waals surface area contributed by atoms with Crippen LogP contribution in [0.2, 0.25) is 0 Å². The molecule has 14 nitrogen and oxygen atoms in total. The van der Waals surface area contributed by atoms with Crippen molar-refractivity contribution < 1.29 is 70.3 Å². The van der Waals surface area contributed by atoms with E-state index >= 15 is 0 Å². The molecule has 0 saturated heterocycles. The van der Waals surface area contributed by atoms with Crippen LogP contribution >= 0.6 is 0 Å². The van der Waals surface area contributed by atoms with Crippen LogP contribution in [0, 0.1) is 5.41 Å². The monoisotopic (exact) mass is 615 g/mol. The first-order valence-electron chi connectivity index (χ1n) is 7.60. The summed E-state index contributed by atoms with van der Waals surface area (Å²) in [5.41, 5.74) is -1.44. The Balaban J connectivity index is -0.000000179. The number of hydrogen-bond acceptors (Lipinski definition) is 6. The number of imide groups is 1. The van der Waals surface area contributed by atoms with Crippen LogP contribution in [0.25, 0.3) is 12.3 Å². The number of amides is 3. The summed E-state index contributed by atoms with van der Waals surface area (Å²) in [5, 5.41) is 34.6. The number of nitrogens with one attached hydrogen (secondary N) is 1. The number of carbonyl (C=O) groups excluding carboxylic acids is 2. The molecular weight excluding hydrogens is 591 g/mol. The molecule has 1 aliphatic carbocycles. The van der Waals surface area contributed by atoms with E-state index in [2.05, 4.69) is 5.32 Å². The third-order valence-electron chi connectivity index (χ3n) is 3.54. The van der Waals surface area contributed by atoms with E-state index in [0.29, 0.717) is 6.42 Å². The Labute approximate surface area is 185 Å². The van der Waals surface area contributed by atoms with Gasteiger partial charge in [0.15, 0.2) is 5.41 Å². The van der Waals surface area contributed by atoms with Crippen LogP contribution in [-0.4, -0.2) is 74.2 Å². The Morgan fingerprint density at radius 1 is 0.967 bits per heavy atom. The van der Waals surface area contributed by atoms with Crippen molar-refractivity contribution >= 4 is 35.8 Å². The quantitative estimate of drug-likeness (QED) is 0.216. The van der Waals surface area contributed by atoms with Crippen molar-refractivity contribution in [2.24, 2.45) is 5.41 Å². The first-order chi connectivity index (χ1) is 12.4. The molecule has 0 unspecified atom stereocenters. The van der Waals surface area contributed by atoms with E-state index in [0.717, 1.165) is 24.0 Å². The van der Waals surface area contributed by atoms with Gasteiger partial charge in [0.1, 0.15) is 0 Å². The Morgan fingerprint density at radius 3 is 1.53 bits per heavy atom. The van der Waals surface area contributed by atoms with Crippen LogP contribution in [0.4, 0.5) is 4.79 Å². The summed E-state index contributed by atoms with van der Waals surface area (Å²) in [6, 6.07) is 0. The predicted molar refractivity (Wildman–Crippen MR) is 97.3 cm³/mol. The van der Waals surface area contributed by atoms with Crippen molar-refractivity contribution in [1.29, 1.82) is 0 Å². The third-order valence-corrected chi connectivity index (χ3v) is 3.54. The number of nitrogens with zero attached hydrogens (tertiary/aromatic N) is 1. The maximum atomic E-state index is 10.9. The number of carboxylic acid groups (broad SMARTS) is 4. The van der Waals surface area contributed by atoms with E-state index < -0.39 is 41.2 Å². The molecule has 3 amide bonds. The normalized spacial score (nSPS) is 14.5. The molecule has 1 heterocycles. The molecule has 1 aliphatic heterocycles. The zero-order valence-corrected chi connectivity index (χ0v) is 18.1. The molecule has 174 valence electrons. The summed E-state index contributed by atoms with van der Waals surface area (Å²) >= 11 is 0. The van der Waals surface area contributed by atoms with Crippen LogP contribution in [0.1, 0.15) is 26.2 Å². The minimum absolute atomic E-state index is 0. The van der Waals surface area contributed by atoms with Gasteiger partial charge in [-0.15, -0.1) is 0 Å². The molecule has 1 fully saturated rings. The van der Waals surface area contributed by atoms with Crippen molar-refractivity contribution in [3.63, 3.8) is 0 Å². The van der Waals surface area contributed by atoms with Gasteiger partial charge in [0, 0.05) is 32.2 Å². The van der Waals surface area contributed by atoms with Crippen LogP contribution < -0.4 is 5.32 Å². The molecule has 30 heavy (non-hydrogen) atoms. The van der Waals surface area contributed by atoms with Crippen molar-refractivity contribution in [1.82, 2.24) is 10.2 Å². The fraction of sp³-hybridized carbons (Fsp3) is 0.467. The van der Waals surface area contributed by atoms with Crippen LogP contribution in [0.15, 0.2) is 12.2 Å². The topological polar surface area (TPSA) is 266 Å². The second-order valence-electron chi connectivity index (χ2n) is 5.46. The Morgan fingerprint density at radius 2 is 1.33 bits per heavy atom. The average Bonchev–Trinajstić information content (AvgIpc) is 2.76. The second kappa shape index (κ2) is 16.0. The molecule has 2 aliphatic rings. The van der Waals surface area contributed by atoms with Crippen molar-refractivity contribution in [3.8, 4) is 0 Å².